The summed E-state index contributed by atoms with van der Waals surface area (Å²) >= 11 is 6.30. The number of hydrogen-bond donors (Lipinski definition) is 2. The molecule has 0 amide bonds. The molecular formula is C13H16ClNO4. The first kappa shape index (κ1) is 14.0. The molecule has 3 N–H and O–H groups in total. The number of fused-ring (bicyclic) bond motifs is 1. The Hall–Kier alpha value is -1.46. The molecule has 0 spiro atoms. The maximum Gasteiger partial charge on any atom is 0.312 e. The molecule has 104 valence electrons. The van der Waals surface area contributed by atoms with E-state index in [0.29, 0.717) is 41.7 Å². The topological polar surface area (TPSA) is 81.8 Å². The summed E-state index contributed by atoms with van der Waals surface area (Å²) in [5.41, 5.74) is 6.92. The Balaban J connectivity index is 2.59. The third kappa shape index (κ3) is 2.48. The molecule has 1 aliphatic rings. The van der Waals surface area contributed by atoms with E-state index in [1.165, 1.54) is 0 Å². The van der Waals surface area contributed by atoms with E-state index in [1.54, 1.807) is 6.07 Å². The number of ether oxygens (including phenoxy) is 2. The molecule has 1 unspecified atom stereocenters. The van der Waals surface area contributed by atoms with Crippen LogP contribution in [0.4, 0.5) is 0 Å². The minimum atomic E-state index is -0.968. The summed E-state index contributed by atoms with van der Waals surface area (Å²) in [7, 11) is 0. The molecule has 0 aliphatic carbocycles. The molecule has 19 heavy (non-hydrogen) atoms. The highest BCUT2D eigenvalue weighted by Crippen LogP contribution is 2.43. The van der Waals surface area contributed by atoms with E-state index >= 15 is 0 Å². The highest BCUT2D eigenvalue weighted by molar-refractivity contribution is 6.33. The molecule has 0 fully saturated rings. The maximum atomic E-state index is 11.3. The Morgan fingerprint density at radius 3 is 2.79 bits per heavy atom. The molecule has 0 aromatic heterocycles. The van der Waals surface area contributed by atoms with Gasteiger partial charge in [0.05, 0.1) is 10.9 Å². The third-order valence-electron chi connectivity index (χ3n) is 3.17. The van der Waals surface area contributed by atoms with Gasteiger partial charge in [-0.25, -0.2) is 0 Å². The SMILES string of the molecule is CCc1c(C(CN)C(=O)O)cc2c(c1Cl)OCCO2. The second kappa shape index (κ2) is 5.67. The molecule has 0 saturated heterocycles. The fourth-order valence-corrected chi connectivity index (χ4v) is 2.62. The second-order valence-corrected chi connectivity index (χ2v) is 4.64. The molecular weight excluding hydrogens is 270 g/mol. The lowest BCUT2D eigenvalue weighted by molar-refractivity contribution is -0.138. The Kier molecular flexibility index (Phi) is 4.17. The van der Waals surface area contributed by atoms with Crippen LogP contribution < -0.4 is 15.2 Å². The number of carboxylic acid groups (broad SMARTS) is 1. The van der Waals surface area contributed by atoms with E-state index < -0.39 is 11.9 Å². The fraction of sp³-hybridized carbons (Fsp3) is 0.462. The number of hydrogen-bond acceptors (Lipinski definition) is 4. The van der Waals surface area contributed by atoms with E-state index in [-0.39, 0.29) is 6.54 Å². The van der Waals surface area contributed by atoms with Gasteiger partial charge in [-0.3, -0.25) is 4.79 Å². The van der Waals surface area contributed by atoms with E-state index in [2.05, 4.69) is 0 Å². The minimum absolute atomic E-state index is 0.0122. The summed E-state index contributed by atoms with van der Waals surface area (Å²) in [6.07, 6.45) is 0.606. The lowest BCUT2D eigenvalue weighted by Gasteiger charge is -2.24. The average molecular weight is 286 g/mol. The minimum Gasteiger partial charge on any atom is -0.486 e. The lowest BCUT2D eigenvalue weighted by atomic mass is 9.92. The van der Waals surface area contributed by atoms with Crippen molar-refractivity contribution in [3.05, 3.63) is 22.2 Å². The van der Waals surface area contributed by atoms with Crippen molar-refractivity contribution in [2.24, 2.45) is 5.73 Å². The largest absolute Gasteiger partial charge is 0.486 e. The summed E-state index contributed by atoms with van der Waals surface area (Å²) in [4.78, 5) is 11.3. The van der Waals surface area contributed by atoms with Gasteiger partial charge in [-0.05, 0) is 23.6 Å². The van der Waals surface area contributed by atoms with Gasteiger partial charge < -0.3 is 20.3 Å². The smallest absolute Gasteiger partial charge is 0.312 e. The predicted octanol–water partition coefficient (Wildman–Crippen LogP) is 1.80. The van der Waals surface area contributed by atoms with Crippen LogP contribution in [0, 0.1) is 0 Å². The molecule has 1 aromatic rings. The average Bonchev–Trinajstić information content (AvgIpc) is 2.39. The van der Waals surface area contributed by atoms with Crippen molar-refractivity contribution in [1.29, 1.82) is 0 Å². The van der Waals surface area contributed by atoms with Crippen LogP contribution in [0.2, 0.25) is 5.02 Å². The van der Waals surface area contributed by atoms with E-state index in [1.807, 2.05) is 6.92 Å². The first-order valence-corrected chi connectivity index (χ1v) is 6.51. The van der Waals surface area contributed by atoms with Crippen LogP contribution in [-0.2, 0) is 11.2 Å². The molecule has 1 aromatic carbocycles. The molecule has 6 heteroatoms. The van der Waals surface area contributed by atoms with Gasteiger partial charge in [0.25, 0.3) is 0 Å². The van der Waals surface area contributed by atoms with Gasteiger partial charge in [-0.2, -0.15) is 0 Å². The van der Waals surface area contributed by atoms with Crippen molar-refractivity contribution >= 4 is 17.6 Å². The number of rotatable bonds is 4. The van der Waals surface area contributed by atoms with Crippen LogP contribution in [0.3, 0.4) is 0 Å². The van der Waals surface area contributed by atoms with Crippen molar-refractivity contribution in [3.63, 3.8) is 0 Å². The summed E-state index contributed by atoms with van der Waals surface area (Å²) < 4.78 is 11.0. The fourth-order valence-electron chi connectivity index (χ4n) is 2.23. The number of aliphatic carboxylic acids is 1. The van der Waals surface area contributed by atoms with Gasteiger partial charge in [-0.15, -0.1) is 0 Å². The van der Waals surface area contributed by atoms with Gasteiger partial charge in [-0.1, -0.05) is 18.5 Å². The second-order valence-electron chi connectivity index (χ2n) is 4.26. The van der Waals surface area contributed by atoms with Gasteiger partial charge in [0.1, 0.15) is 13.2 Å². The Bertz CT molecular complexity index is 504. The van der Waals surface area contributed by atoms with Crippen LogP contribution in [-0.4, -0.2) is 30.8 Å². The molecule has 5 nitrogen and oxygen atoms in total. The van der Waals surface area contributed by atoms with Gasteiger partial charge >= 0.3 is 5.97 Å². The van der Waals surface area contributed by atoms with E-state index in [0.717, 1.165) is 5.56 Å². The Morgan fingerprint density at radius 1 is 1.53 bits per heavy atom. The lowest BCUT2D eigenvalue weighted by Crippen LogP contribution is -2.24. The quantitative estimate of drug-likeness (QED) is 0.881. The number of nitrogens with two attached hydrogens (primary N) is 1. The van der Waals surface area contributed by atoms with Crippen molar-refractivity contribution in [3.8, 4) is 11.5 Å². The van der Waals surface area contributed by atoms with Gasteiger partial charge in [0, 0.05) is 6.54 Å². The zero-order valence-corrected chi connectivity index (χ0v) is 11.4. The zero-order valence-electron chi connectivity index (χ0n) is 10.6. The monoisotopic (exact) mass is 285 g/mol. The summed E-state index contributed by atoms with van der Waals surface area (Å²) in [5, 5.41) is 9.67. The molecule has 0 radical (unpaired) electrons. The van der Waals surface area contributed by atoms with E-state index in [4.69, 9.17) is 26.8 Å². The Morgan fingerprint density at radius 2 is 2.21 bits per heavy atom. The first-order chi connectivity index (χ1) is 9.10. The number of halogens is 1. The van der Waals surface area contributed by atoms with Gasteiger partial charge in [0.15, 0.2) is 11.5 Å². The Labute approximate surface area is 116 Å². The normalized spacial score (nSPS) is 15.1. The summed E-state index contributed by atoms with van der Waals surface area (Å²) in [6.45, 7) is 2.79. The van der Waals surface area contributed by atoms with E-state index in [9.17, 15) is 9.90 Å². The van der Waals surface area contributed by atoms with Crippen LogP contribution in [0.1, 0.15) is 24.0 Å². The molecule has 1 heterocycles. The zero-order chi connectivity index (χ0) is 14.0. The third-order valence-corrected chi connectivity index (χ3v) is 3.57. The number of carboxylic acids is 1. The highest BCUT2D eigenvalue weighted by atomic mass is 35.5. The van der Waals surface area contributed by atoms with Crippen LogP contribution >= 0.6 is 11.6 Å². The van der Waals surface area contributed by atoms with Crippen molar-refractivity contribution < 1.29 is 19.4 Å². The van der Waals surface area contributed by atoms with Crippen molar-refractivity contribution in [1.82, 2.24) is 0 Å². The van der Waals surface area contributed by atoms with Crippen LogP contribution in [0.15, 0.2) is 6.07 Å². The van der Waals surface area contributed by atoms with Crippen LogP contribution in [0.5, 0.6) is 11.5 Å². The van der Waals surface area contributed by atoms with Crippen molar-refractivity contribution in [2.75, 3.05) is 19.8 Å². The predicted molar refractivity (Wildman–Crippen MR) is 71.3 cm³/mol. The summed E-state index contributed by atoms with van der Waals surface area (Å²) in [5.74, 6) is -0.772. The molecule has 1 atom stereocenters. The number of benzene rings is 1. The number of carbonyl (C=O) groups is 1. The molecule has 0 saturated carbocycles. The highest BCUT2D eigenvalue weighted by Gasteiger charge is 2.27. The first-order valence-electron chi connectivity index (χ1n) is 6.13. The standard InChI is InChI=1S/C13H16ClNO4/c1-2-7-8(9(6-15)13(16)17)5-10-12(11(7)14)19-4-3-18-10/h5,9H,2-4,6,15H2,1H3,(H,16,17). The van der Waals surface area contributed by atoms with Gasteiger partial charge in [0.2, 0.25) is 0 Å². The molecule has 1 aliphatic heterocycles. The molecule has 2 rings (SSSR count). The maximum absolute atomic E-state index is 11.3. The molecule has 0 bridgehead atoms. The summed E-state index contributed by atoms with van der Waals surface area (Å²) in [6, 6.07) is 1.69. The van der Waals surface area contributed by atoms with Crippen LogP contribution in [0.25, 0.3) is 0 Å². The van der Waals surface area contributed by atoms with Crippen molar-refractivity contribution in [2.45, 2.75) is 19.3 Å².